The highest BCUT2D eigenvalue weighted by atomic mass is 32.1. The first kappa shape index (κ1) is 19.0. The Morgan fingerprint density at radius 2 is 1.68 bits per heavy atom. The van der Waals surface area contributed by atoms with Gasteiger partial charge in [-0.1, -0.05) is 35.6 Å². The summed E-state index contributed by atoms with van der Waals surface area (Å²) >= 11 is 3.25. The van der Waals surface area contributed by atoms with E-state index < -0.39 is 0 Å². The summed E-state index contributed by atoms with van der Waals surface area (Å²) in [7, 11) is 1.65. The third-order valence-corrected chi connectivity index (χ3v) is 6.61. The van der Waals surface area contributed by atoms with Crippen molar-refractivity contribution in [1.82, 2.24) is 9.97 Å². The molecule has 4 aromatic rings. The Balaban J connectivity index is 1.43. The quantitative estimate of drug-likeness (QED) is 0.413. The normalized spacial score (nSPS) is 11.3. The number of ether oxygens (including phenoxy) is 1. The van der Waals surface area contributed by atoms with Gasteiger partial charge >= 0.3 is 0 Å². The zero-order valence-corrected chi connectivity index (χ0v) is 17.3. The molecule has 0 aliphatic rings. The molecule has 144 valence electrons. The lowest BCUT2D eigenvalue weighted by atomic mass is 10.2. The predicted octanol–water partition coefficient (Wildman–Crippen LogP) is 4.91. The molecular weight excluding hydrogens is 390 g/mol. The third-order valence-electron chi connectivity index (χ3n) is 4.45. The second-order valence-electron chi connectivity index (χ2n) is 6.43. The summed E-state index contributed by atoms with van der Waals surface area (Å²) in [6.07, 6.45) is 2.05. The van der Waals surface area contributed by atoms with Crippen LogP contribution in [0.5, 0.6) is 0 Å². The fourth-order valence-corrected chi connectivity index (χ4v) is 5.06. The number of fused-ring (bicyclic) bond motifs is 2. The first-order valence-corrected chi connectivity index (χ1v) is 10.9. The summed E-state index contributed by atoms with van der Waals surface area (Å²) in [6, 6.07) is 16.1. The Bertz CT molecular complexity index is 1020. The molecule has 5 nitrogen and oxygen atoms in total. The van der Waals surface area contributed by atoms with Gasteiger partial charge in [-0.15, -0.1) is 11.3 Å². The van der Waals surface area contributed by atoms with Crippen molar-refractivity contribution < 1.29 is 9.53 Å². The van der Waals surface area contributed by atoms with Gasteiger partial charge in [0.1, 0.15) is 0 Å². The van der Waals surface area contributed by atoms with E-state index in [9.17, 15) is 4.79 Å². The fourth-order valence-electron chi connectivity index (χ4n) is 3.04. The van der Waals surface area contributed by atoms with Crippen LogP contribution in [0.25, 0.3) is 20.4 Å². The molecule has 1 amide bonds. The van der Waals surface area contributed by atoms with Gasteiger partial charge in [-0.05, 0) is 37.1 Å². The molecule has 0 radical (unpaired) electrons. The van der Waals surface area contributed by atoms with Crippen LogP contribution in [0.3, 0.4) is 0 Å². The summed E-state index contributed by atoms with van der Waals surface area (Å²) in [5, 5.41) is 1.82. The fraction of sp³-hybridized carbons (Fsp3) is 0.286. The zero-order valence-electron chi connectivity index (χ0n) is 15.6. The Morgan fingerprint density at radius 1 is 1.00 bits per heavy atom. The van der Waals surface area contributed by atoms with E-state index in [-0.39, 0.29) is 5.91 Å². The van der Waals surface area contributed by atoms with E-state index in [1.54, 1.807) is 34.7 Å². The molecule has 0 aliphatic heterocycles. The average molecular weight is 412 g/mol. The van der Waals surface area contributed by atoms with Gasteiger partial charge in [0.25, 0.3) is 0 Å². The SMILES string of the molecule is COCCN(C(=O)CCCc1nc2ccccc2s1)c1nc2ccccc2s1. The molecule has 0 unspecified atom stereocenters. The second-order valence-corrected chi connectivity index (χ2v) is 8.56. The van der Waals surface area contributed by atoms with E-state index in [0.29, 0.717) is 19.6 Å². The Labute approximate surface area is 171 Å². The Hall–Kier alpha value is -2.35. The molecule has 2 aromatic heterocycles. The van der Waals surface area contributed by atoms with Crippen LogP contribution in [0, 0.1) is 0 Å². The number of aryl methyl sites for hydroxylation is 1. The van der Waals surface area contributed by atoms with Gasteiger partial charge in [-0.3, -0.25) is 9.69 Å². The van der Waals surface area contributed by atoms with Crippen LogP contribution in [0.2, 0.25) is 0 Å². The first-order chi connectivity index (χ1) is 13.7. The number of hydrogen-bond donors (Lipinski definition) is 0. The number of nitrogens with zero attached hydrogens (tertiary/aromatic N) is 3. The topological polar surface area (TPSA) is 55.3 Å². The van der Waals surface area contributed by atoms with Gasteiger partial charge in [0.15, 0.2) is 5.13 Å². The molecule has 0 saturated carbocycles. The molecule has 28 heavy (non-hydrogen) atoms. The number of para-hydroxylation sites is 2. The van der Waals surface area contributed by atoms with Crippen molar-refractivity contribution >= 4 is 54.1 Å². The number of benzene rings is 2. The lowest BCUT2D eigenvalue weighted by molar-refractivity contribution is -0.118. The van der Waals surface area contributed by atoms with Crippen molar-refractivity contribution in [2.75, 3.05) is 25.2 Å². The van der Waals surface area contributed by atoms with Gasteiger partial charge in [-0.25, -0.2) is 9.97 Å². The number of thiazole rings is 2. The molecule has 7 heteroatoms. The van der Waals surface area contributed by atoms with Gasteiger partial charge < -0.3 is 4.74 Å². The highest BCUT2D eigenvalue weighted by Crippen LogP contribution is 2.29. The number of anilines is 1. The minimum atomic E-state index is 0.0808. The van der Waals surface area contributed by atoms with Crippen LogP contribution in [0.4, 0.5) is 5.13 Å². The number of rotatable bonds is 8. The van der Waals surface area contributed by atoms with Crippen molar-refractivity contribution in [3.8, 4) is 0 Å². The lowest BCUT2D eigenvalue weighted by Gasteiger charge is -2.19. The van der Waals surface area contributed by atoms with Crippen LogP contribution in [0.1, 0.15) is 17.8 Å². The largest absolute Gasteiger partial charge is 0.383 e. The van der Waals surface area contributed by atoms with Crippen LogP contribution in [0.15, 0.2) is 48.5 Å². The molecule has 0 atom stereocenters. The van der Waals surface area contributed by atoms with E-state index >= 15 is 0 Å². The molecule has 2 aromatic carbocycles. The number of carbonyl (C=O) groups is 1. The third kappa shape index (κ3) is 4.22. The number of amides is 1. The summed E-state index contributed by atoms with van der Waals surface area (Å²) in [4.78, 5) is 24.0. The summed E-state index contributed by atoms with van der Waals surface area (Å²) in [5.41, 5.74) is 1.96. The van der Waals surface area contributed by atoms with Crippen molar-refractivity contribution in [3.05, 3.63) is 53.5 Å². The minimum Gasteiger partial charge on any atom is -0.383 e. The van der Waals surface area contributed by atoms with Crippen molar-refractivity contribution in [1.29, 1.82) is 0 Å². The van der Waals surface area contributed by atoms with E-state index in [4.69, 9.17) is 4.74 Å². The summed E-state index contributed by atoms with van der Waals surface area (Å²) < 4.78 is 7.48. The van der Waals surface area contributed by atoms with Crippen molar-refractivity contribution in [2.45, 2.75) is 19.3 Å². The van der Waals surface area contributed by atoms with Crippen molar-refractivity contribution in [3.63, 3.8) is 0 Å². The molecular formula is C21H21N3O2S2. The highest BCUT2D eigenvalue weighted by Gasteiger charge is 2.19. The second kappa shape index (κ2) is 8.77. The maximum atomic E-state index is 12.9. The van der Waals surface area contributed by atoms with Crippen molar-refractivity contribution in [2.24, 2.45) is 0 Å². The molecule has 0 fully saturated rings. The number of hydrogen-bond acceptors (Lipinski definition) is 6. The molecule has 2 heterocycles. The maximum absolute atomic E-state index is 12.9. The van der Waals surface area contributed by atoms with E-state index in [2.05, 4.69) is 16.0 Å². The zero-order chi connectivity index (χ0) is 19.3. The van der Waals surface area contributed by atoms with Crippen LogP contribution < -0.4 is 4.90 Å². The standard InChI is InChI=1S/C21H21N3O2S2/c1-26-14-13-24(21-23-16-8-3-5-10-18(16)28-21)20(25)12-6-11-19-22-15-7-2-4-9-17(15)27-19/h2-5,7-10H,6,11-14H2,1H3. The molecule has 0 bridgehead atoms. The number of aromatic nitrogens is 2. The average Bonchev–Trinajstić information content (AvgIpc) is 3.31. The van der Waals surface area contributed by atoms with E-state index in [0.717, 1.165) is 38.7 Å². The van der Waals surface area contributed by atoms with Gasteiger partial charge in [-0.2, -0.15) is 0 Å². The highest BCUT2D eigenvalue weighted by molar-refractivity contribution is 7.22. The van der Waals surface area contributed by atoms with Gasteiger partial charge in [0.05, 0.1) is 38.6 Å². The van der Waals surface area contributed by atoms with E-state index in [1.165, 1.54) is 4.70 Å². The van der Waals surface area contributed by atoms with Crippen LogP contribution in [-0.4, -0.2) is 36.1 Å². The molecule has 0 spiro atoms. The molecule has 0 saturated heterocycles. The van der Waals surface area contributed by atoms with Crippen LogP contribution >= 0.6 is 22.7 Å². The number of carbonyl (C=O) groups excluding carboxylic acids is 1. The minimum absolute atomic E-state index is 0.0808. The van der Waals surface area contributed by atoms with E-state index in [1.807, 2.05) is 42.5 Å². The Kier molecular flexibility index (Phi) is 5.95. The van der Waals surface area contributed by atoms with Crippen LogP contribution in [-0.2, 0) is 16.0 Å². The van der Waals surface area contributed by atoms with Gasteiger partial charge in [0.2, 0.25) is 5.91 Å². The molecule has 0 N–H and O–H groups in total. The maximum Gasteiger partial charge on any atom is 0.228 e. The monoisotopic (exact) mass is 411 g/mol. The molecule has 4 rings (SSSR count). The first-order valence-electron chi connectivity index (χ1n) is 9.24. The predicted molar refractivity (Wildman–Crippen MR) is 116 cm³/mol. The number of methoxy groups -OCH3 is 1. The Morgan fingerprint density at radius 3 is 2.36 bits per heavy atom. The summed E-state index contributed by atoms with van der Waals surface area (Å²) in [6.45, 7) is 0.996. The summed E-state index contributed by atoms with van der Waals surface area (Å²) in [5.74, 6) is 0.0808. The lowest BCUT2D eigenvalue weighted by Crippen LogP contribution is -2.33. The molecule has 0 aliphatic carbocycles. The smallest absolute Gasteiger partial charge is 0.228 e. The van der Waals surface area contributed by atoms with Gasteiger partial charge in [0, 0.05) is 13.5 Å².